The van der Waals surface area contributed by atoms with Crippen molar-refractivity contribution in [2.24, 2.45) is 0 Å². The summed E-state index contributed by atoms with van der Waals surface area (Å²) in [5.74, 6) is 0.913. The summed E-state index contributed by atoms with van der Waals surface area (Å²) in [5.41, 5.74) is 3.64. The molecule has 0 spiro atoms. The summed E-state index contributed by atoms with van der Waals surface area (Å²) in [6, 6.07) is 14.8. The standard InChI is InChI=1S/C24H33N3O3/c1-29-23-17-27(16-22(23)28)24-10-9-19(8-5-13-30-20-11-12-25-15-20)21(26-24)14-18-6-3-2-4-7-18/h2-4,6-7,9-10,20,22-23,25,28H,5,8,11-17H2,1H3. The van der Waals surface area contributed by atoms with E-state index in [1.54, 1.807) is 7.11 Å². The summed E-state index contributed by atoms with van der Waals surface area (Å²) in [5, 5.41) is 13.5. The lowest BCUT2D eigenvalue weighted by Gasteiger charge is -2.19. The van der Waals surface area contributed by atoms with E-state index in [0.29, 0.717) is 19.2 Å². The molecule has 30 heavy (non-hydrogen) atoms. The maximum atomic E-state index is 10.2. The number of aromatic nitrogens is 1. The average molecular weight is 412 g/mol. The molecule has 0 saturated carbocycles. The number of nitrogens with one attached hydrogen (secondary N) is 1. The van der Waals surface area contributed by atoms with Crippen LogP contribution < -0.4 is 10.2 Å². The van der Waals surface area contributed by atoms with E-state index in [4.69, 9.17) is 14.5 Å². The lowest BCUT2D eigenvalue weighted by atomic mass is 10.0. The third-order valence-corrected chi connectivity index (χ3v) is 6.09. The largest absolute Gasteiger partial charge is 0.388 e. The Kier molecular flexibility index (Phi) is 7.33. The predicted octanol–water partition coefficient (Wildman–Crippen LogP) is 2.18. The number of nitrogens with zero attached hydrogens (tertiary/aromatic N) is 2. The molecule has 2 saturated heterocycles. The number of aryl methyl sites for hydroxylation is 1. The normalized spacial score (nSPS) is 23.9. The minimum absolute atomic E-state index is 0.161. The minimum atomic E-state index is -0.476. The van der Waals surface area contributed by atoms with E-state index in [1.165, 1.54) is 11.1 Å². The summed E-state index contributed by atoms with van der Waals surface area (Å²) in [6.45, 7) is 4.04. The van der Waals surface area contributed by atoms with Crippen LogP contribution in [-0.4, -0.2) is 68.3 Å². The molecule has 3 heterocycles. The van der Waals surface area contributed by atoms with Gasteiger partial charge in [0.1, 0.15) is 11.9 Å². The third kappa shape index (κ3) is 5.38. The quantitative estimate of drug-likeness (QED) is 0.617. The first-order valence-corrected chi connectivity index (χ1v) is 11.0. The third-order valence-electron chi connectivity index (χ3n) is 6.09. The van der Waals surface area contributed by atoms with Gasteiger partial charge in [0.05, 0.1) is 17.9 Å². The molecular weight excluding hydrogens is 378 g/mol. The van der Waals surface area contributed by atoms with Crippen molar-refractivity contribution in [1.82, 2.24) is 10.3 Å². The molecule has 2 aromatic rings. The van der Waals surface area contributed by atoms with Crippen molar-refractivity contribution in [3.05, 3.63) is 59.3 Å². The second kappa shape index (κ2) is 10.4. The number of ether oxygens (including phenoxy) is 2. The van der Waals surface area contributed by atoms with Gasteiger partial charge in [0.25, 0.3) is 0 Å². The zero-order valence-electron chi connectivity index (χ0n) is 17.8. The number of pyridine rings is 1. The zero-order valence-corrected chi connectivity index (χ0v) is 17.8. The van der Waals surface area contributed by atoms with Crippen LogP contribution in [0.15, 0.2) is 42.5 Å². The highest BCUT2D eigenvalue weighted by atomic mass is 16.5. The van der Waals surface area contributed by atoms with Crippen LogP contribution in [0.4, 0.5) is 5.82 Å². The van der Waals surface area contributed by atoms with Crippen LogP contribution in [0, 0.1) is 0 Å². The molecule has 0 amide bonds. The van der Waals surface area contributed by atoms with Crippen molar-refractivity contribution in [1.29, 1.82) is 0 Å². The molecule has 4 rings (SSSR count). The first-order chi connectivity index (χ1) is 14.7. The molecule has 0 aliphatic carbocycles. The Balaban J connectivity index is 1.45. The lowest BCUT2D eigenvalue weighted by Crippen LogP contribution is -2.25. The Bertz CT molecular complexity index is 796. The van der Waals surface area contributed by atoms with Gasteiger partial charge < -0.3 is 24.8 Å². The molecule has 2 aliphatic rings. The molecule has 6 heteroatoms. The molecule has 1 aromatic carbocycles. The molecular formula is C24H33N3O3. The van der Waals surface area contributed by atoms with Gasteiger partial charge >= 0.3 is 0 Å². The Hall–Kier alpha value is -1.99. The molecule has 2 N–H and O–H groups in total. The van der Waals surface area contributed by atoms with Crippen molar-refractivity contribution < 1.29 is 14.6 Å². The van der Waals surface area contributed by atoms with Gasteiger partial charge in [-0.15, -0.1) is 0 Å². The first-order valence-electron chi connectivity index (χ1n) is 11.0. The van der Waals surface area contributed by atoms with E-state index in [2.05, 4.69) is 46.6 Å². The van der Waals surface area contributed by atoms with Crippen LogP contribution in [-0.2, 0) is 22.3 Å². The number of β-amino-alcohol motifs (C(OH)–C–C–N with tert-alkyl or cyclic N) is 1. The molecule has 0 bridgehead atoms. The maximum absolute atomic E-state index is 10.2. The van der Waals surface area contributed by atoms with Gasteiger partial charge in [-0.25, -0.2) is 4.98 Å². The van der Waals surface area contributed by atoms with E-state index in [9.17, 15) is 5.11 Å². The Labute approximate surface area is 179 Å². The van der Waals surface area contributed by atoms with Crippen molar-refractivity contribution in [3.8, 4) is 0 Å². The van der Waals surface area contributed by atoms with E-state index < -0.39 is 6.10 Å². The van der Waals surface area contributed by atoms with E-state index in [0.717, 1.165) is 56.9 Å². The van der Waals surface area contributed by atoms with Crippen LogP contribution in [0.25, 0.3) is 0 Å². The highest BCUT2D eigenvalue weighted by Gasteiger charge is 2.32. The van der Waals surface area contributed by atoms with Crippen molar-refractivity contribution in [3.63, 3.8) is 0 Å². The highest BCUT2D eigenvalue weighted by molar-refractivity contribution is 5.45. The van der Waals surface area contributed by atoms with Crippen molar-refractivity contribution in [2.45, 2.75) is 44.0 Å². The fraction of sp³-hybridized carbons (Fsp3) is 0.542. The second-order valence-corrected chi connectivity index (χ2v) is 8.27. The molecule has 2 aliphatic heterocycles. The summed E-state index contributed by atoms with van der Waals surface area (Å²) in [7, 11) is 1.65. The molecule has 162 valence electrons. The second-order valence-electron chi connectivity index (χ2n) is 8.27. The van der Waals surface area contributed by atoms with E-state index in [1.807, 2.05) is 6.07 Å². The monoisotopic (exact) mass is 411 g/mol. The maximum Gasteiger partial charge on any atom is 0.129 e. The Morgan fingerprint density at radius 3 is 2.77 bits per heavy atom. The lowest BCUT2D eigenvalue weighted by molar-refractivity contribution is 0.0217. The topological polar surface area (TPSA) is 66.9 Å². The number of hydrogen-bond donors (Lipinski definition) is 2. The number of benzene rings is 1. The SMILES string of the molecule is COC1CN(c2ccc(CCCOC3CCNC3)c(Cc3ccccc3)n2)CC1O. The van der Waals surface area contributed by atoms with Gasteiger partial charge in [-0.2, -0.15) is 0 Å². The first kappa shape index (κ1) is 21.2. The van der Waals surface area contributed by atoms with Gasteiger partial charge in [-0.3, -0.25) is 0 Å². The van der Waals surface area contributed by atoms with Crippen molar-refractivity contribution >= 4 is 5.82 Å². The summed E-state index contributed by atoms with van der Waals surface area (Å²) >= 11 is 0. The van der Waals surface area contributed by atoms with Gasteiger partial charge in [-0.1, -0.05) is 36.4 Å². The predicted molar refractivity (Wildman–Crippen MR) is 118 cm³/mol. The summed E-state index contributed by atoms with van der Waals surface area (Å²) in [4.78, 5) is 7.14. The van der Waals surface area contributed by atoms with Crippen molar-refractivity contribution in [2.75, 3.05) is 44.8 Å². The van der Waals surface area contributed by atoms with Crippen LogP contribution in [0.5, 0.6) is 0 Å². The molecule has 6 nitrogen and oxygen atoms in total. The van der Waals surface area contributed by atoms with Gasteiger partial charge in [0.2, 0.25) is 0 Å². The summed E-state index contributed by atoms with van der Waals surface area (Å²) in [6.07, 6.45) is 3.60. The van der Waals surface area contributed by atoms with Gasteiger partial charge in [0, 0.05) is 39.8 Å². The highest BCUT2D eigenvalue weighted by Crippen LogP contribution is 2.24. The fourth-order valence-corrected chi connectivity index (χ4v) is 4.32. The number of aliphatic hydroxyl groups is 1. The number of rotatable bonds is 9. The molecule has 2 fully saturated rings. The molecule has 3 atom stereocenters. The fourth-order valence-electron chi connectivity index (χ4n) is 4.32. The van der Waals surface area contributed by atoms with E-state index in [-0.39, 0.29) is 6.10 Å². The van der Waals surface area contributed by atoms with E-state index >= 15 is 0 Å². The number of methoxy groups -OCH3 is 1. The number of hydrogen-bond acceptors (Lipinski definition) is 6. The number of aliphatic hydroxyl groups excluding tert-OH is 1. The average Bonchev–Trinajstić information content (AvgIpc) is 3.42. The Morgan fingerprint density at radius 2 is 2.03 bits per heavy atom. The van der Waals surface area contributed by atoms with Crippen LogP contribution >= 0.6 is 0 Å². The molecule has 1 aromatic heterocycles. The van der Waals surface area contributed by atoms with Gasteiger partial charge in [-0.05, 0) is 43.0 Å². The van der Waals surface area contributed by atoms with Gasteiger partial charge in [0.15, 0.2) is 0 Å². The molecule has 3 unspecified atom stereocenters. The summed E-state index contributed by atoms with van der Waals surface area (Å²) < 4.78 is 11.4. The Morgan fingerprint density at radius 1 is 1.17 bits per heavy atom. The molecule has 0 radical (unpaired) electrons. The number of anilines is 1. The van der Waals surface area contributed by atoms with Crippen LogP contribution in [0.2, 0.25) is 0 Å². The zero-order chi connectivity index (χ0) is 20.8. The van der Waals surface area contributed by atoms with Crippen LogP contribution in [0.3, 0.4) is 0 Å². The minimum Gasteiger partial charge on any atom is -0.388 e. The van der Waals surface area contributed by atoms with Crippen LogP contribution in [0.1, 0.15) is 29.7 Å². The smallest absolute Gasteiger partial charge is 0.129 e.